The van der Waals surface area contributed by atoms with Crippen molar-refractivity contribution in [2.75, 3.05) is 27.3 Å². The third-order valence-electron chi connectivity index (χ3n) is 10.4. The number of aryl methyl sites for hydroxylation is 2. The number of nitrogens with zero attached hydrogens (tertiary/aromatic N) is 2. The normalized spacial score (nSPS) is 18.8. The number of esters is 2. The lowest BCUT2D eigenvalue weighted by Gasteiger charge is -2.28. The van der Waals surface area contributed by atoms with E-state index in [0.717, 1.165) is 127 Å². The topological polar surface area (TPSA) is 112 Å². The number of benzene rings is 2. The van der Waals surface area contributed by atoms with Crippen molar-refractivity contribution in [1.82, 2.24) is 9.80 Å². The summed E-state index contributed by atoms with van der Waals surface area (Å²) in [5.41, 5.74) is 2.99. The standard InChI is InChI=1S/C50H74N2O8/c1-49(2,3)59-47(55)51-35-23-19-15-11-9-13-17-22-26-40-29-33-42(34-30-40)38-44(46(54)58-8)52(48(56)60-50(4,5)6)36-24-20-16-12-10-14-18-21-25-39-27-31-41(32-28-39)37-43(51)45(53)57-7/h27-34,37-38H,9-26,35-36H2,1-8H3/b43-37-,44-38-. The molecule has 0 aromatic heterocycles. The first kappa shape index (κ1) is 49.8. The summed E-state index contributed by atoms with van der Waals surface area (Å²) in [7, 11) is 2.68. The molecule has 60 heavy (non-hydrogen) atoms. The molecule has 0 unspecified atom stereocenters. The summed E-state index contributed by atoms with van der Waals surface area (Å²) < 4.78 is 21.8. The van der Waals surface area contributed by atoms with Crippen LogP contribution in [-0.2, 0) is 41.4 Å². The smallest absolute Gasteiger partial charge is 0.415 e. The predicted octanol–water partition coefficient (Wildman–Crippen LogP) is 12.2. The van der Waals surface area contributed by atoms with Crippen LogP contribution in [-0.4, -0.2) is 72.4 Å². The lowest BCUT2D eigenvalue weighted by Crippen LogP contribution is -2.39. The van der Waals surface area contributed by atoms with Crippen LogP contribution in [0.3, 0.4) is 0 Å². The Morgan fingerprint density at radius 3 is 1.00 bits per heavy atom. The summed E-state index contributed by atoms with van der Waals surface area (Å²) in [5.74, 6) is -1.15. The van der Waals surface area contributed by atoms with Gasteiger partial charge in [0.05, 0.1) is 14.2 Å². The number of methoxy groups -OCH3 is 2. The Labute approximate surface area is 361 Å². The number of hydrogen-bond acceptors (Lipinski definition) is 8. The Bertz CT molecular complexity index is 1560. The summed E-state index contributed by atoms with van der Waals surface area (Å²) in [5, 5.41) is 0. The summed E-state index contributed by atoms with van der Waals surface area (Å²) in [6.07, 6.45) is 20.8. The third-order valence-corrected chi connectivity index (χ3v) is 10.4. The zero-order valence-corrected chi connectivity index (χ0v) is 38.1. The molecule has 0 saturated carbocycles. The third kappa shape index (κ3) is 19.2. The molecule has 0 aliphatic carbocycles. The van der Waals surface area contributed by atoms with Gasteiger partial charge in [-0.1, -0.05) is 126 Å². The lowest BCUT2D eigenvalue weighted by molar-refractivity contribution is -0.138. The number of carbonyl (C=O) groups excluding carboxylic acids is 4. The lowest BCUT2D eigenvalue weighted by atomic mass is 10.0. The molecule has 2 aromatic carbocycles. The summed E-state index contributed by atoms with van der Waals surface area (Å²) in [6, 6.07) is 16.3. The summed E-state index contributed by atoms with van der Waals surface area (Å²) in [6.45, 7) is 11.7. The maximum absolute atomic E-state index is 13.5. The van der Waals surface area contributed by atoms with Gasteiger partial charge in [-0.25, -0.2) is 19.2 Å². The molecule has 10 heteroatoms. The fourth-order valence-corrected chi connectivity index (χ4v) is 7.15. The highest BCUT2D eigenvalue weighted by atomic mass is 16.6. The Morgan fingerprint density at radius 2 is 0.717 bits per heavy atom. The average Bonchev–Trinajstić information content (AvgIpc) is 3.19. The SMILES string of the molecule is COC(=O)/C1=C/c2ccc(cc2)CCCCCCCCCCN(C(=O)OC(C)(C)C)/C(C(=O)OC)=C\c2ccc(cc2)CCCCCCCCCCN1C(=O)OC(C)(C)C. The first-order chi connectivity index (χ1) is 28.6. The van der Waals surface area contributed by atoms with Crippen LogP contribution in [0.4, 0.5) is 9.59 Å². The molecule has 0 N–H and O–H groups in total. The molecule has 2 aromatic rings. The van der Waals surface area contributed by atoms with Crippen molar-refractivity contribution >= 4 is 36.3 Å². The summed E-state index contributed by atoms with van der Waals surface area (Å²) in [4.78, 5) is 56.1. The minimum Gasteiger partial charge on any atom is -0.464 e. The van der Waals surface area contributed by atoms with Crippen LogP contribution >= 0.6 is 0 Å². The molecule has 4 aliphatic heterocycles. The van der Waals surface area contributed by atoms with Crippen molar-refractivity contribution in [3.8, 4) is 0 Å². The van der Waals surface area contributed by atoms with E-state index in [1.807, 2.05) is 65.8 Å². The van der Waals surface area contributed by atoms with Crippen LogP contribution in [0.25, 0.3) is 12.2 Å². The molecule has 0 fully saturated rings. The monoisotopic (exact) mass is 831 g/mol. The number of ether oxygens (including phenoxy) is 4. The molecule has 4 aliphatic rings. The van der Waals surface area contributed by atoms with E-state index in [-0.39, 0.29) is 11.4 Å². The molecule has 0 radical (unpaired) electrons. The fourth-order valence-electron chi connectivity index (χ4n) is 7.15. The second-order valence-electron chi connectivity index (χ2n) is 17.9. The van der Waals surface area contributed by atoms with Gasteiger partial charge in [0, 0.05) is 13.1 Å². The van der Waals surface area contributed by atoms with E-state index >= 15 is 0 Å². The molecule has 332 valence electrons. The van der Waals surface area contributed by atoms with Gasteiger partial charge in [-0.05, 0) is 114 Å². The van der Waals surface area contributed by atoms with Gasteiger partial charge in [-0.2, -0.15) is 0 Å². The number of rotatable bonds is 2. The molecular formula is C50H74N2O8. The zero-order valence-electron chi connectivity index (χ0n) is 38.1. The maximum atomic E-state index is 13.5. The van der Waals surface area contributed by atoms with Gasteiger partial charge in [0.1, 0.15) is 22.6 Å². The van der Waals surface area contributed by atoms with Gasteiger partial charge in [0.2, 0.25) is 0 Å². The zero-order chi connectivity index (χ0) is 44.0. The Kier molecular flexibility index (Phi) is 21.5. The van der Waals surface area contributed by atoms with Gasteiger partial charge in [0.15, 0.2) is 0 Å². The Balaban J connectivity index is 1.75. The van der Waals surface area contributed by atoms with E-state index in [9.17, 15) is 19.2 Å². The molecule has 10 nitrogen and oxygen atoms in total. The van der Waals surface area contributed by atoms with Crippen molar-refractivity contribution in [3.05, 3.63) is 82.2 Å². The van der Waals surface area contributed by atoms with Crippen LogP contribution in [0, 0.1) is 0 Å². The van der Waals surface area contributed by atoms with Gasteiger partial charge in [-0.15, -0.1) is 0 Å². The fraction of sp³-hybridized carbons (Fsp3) is 0.600. The van der Waals surface area contributed by atoms with Crippen LogP contribution in [0.2, 0.25) is 0 Å². The first-order valence-corrected chi connectivity index (χ1v) is 22.4. The van der Waals surface area contributed by atoms with E-state index < -0.39 is 35.3 Å². The number of hydrogen-bond donors (Lipinski definition) is 0. The molecule has 2 amide bonds. The highest BCUT2D eigenvalue weighted by molar-refractivity contribution is 5.97. The highest BCUT2D eigenvalue weighted by Crippen LogP contribution is 2.23. The van der Waals surface area contributed by atoms with Crippen molar-refractivity contribution in [2.45, 2.75) is 168 Å². The van der Waals surface area contributed by atoms with Gasteiger partial charge in [-0.3, -0.25) is 9.80 Å². The second-order valence-corrected chi connectivity index (χ2v) is 17.9. The molecule has 0 atom stereocenters. The van der Waals surface area contributed by atoms with Crippen molar-refractivity contribution in [3.63, 3.8) is 0 Å². The molecule has 6 rings (SSSR count). The van der Waals surface area contributed by atoms with Crippen LogP contribution in [0.1, 0.15) is 167 Å². The first-order valence-electron chi connectivity index (χ1n) is 22.4. The maximum Gasteiger partial charge on any atom is 0.415 e. The van der Waals surface area contributed by atoms with Crippen molar-refractivity contribution < 1.29 is 38.1 Å². The largest absolute Gasteiger partial charge is 0.464 e. The number of carbonyl (C=O) groups is 4. The van der Waals surface area contributed by atoms with Crippen molar-refractivity contribution in [2.24, 2.45) is 0 Å². The van der Waals surface area contributed by atoms with E-state index in [1.165, 1.54) is 35.1 Å². The van der Waals surface area contributed by atoms with Crippen LogP contribution < -0.4 is 0 Å². The quantitative estimate of drug-likeness (QED) is 0.217. The summed E-state index contributed by atoms with van der Waals surface area (Å²) >= 11 is 0. The van der Waals surface area contributed by atoms with E-state index in [0.29, 0.717) is 13.1 Å². The Morgan fingerprint density at radius 1 is 0.433 bits per heavy atom. The highest BCUT2D eigenvalue weighted by Gasteiger charge is 2.30. The van der Waals surface area contributed by atoms with Gasteiger partial charge in [0.25, 0.3) is 0 Å². The van der Waals surface area contributed by atoms with E-state index in [2.05, 4.69) is 24.3 Å². The Hall–Kier alpha value is -4.60. The molecular weight excluding hydrogens is 757 g/mol. The van der Waals surface area contributed by atoms with Crippen LogP contribution in [0.15, 0.2) is 59.9 Å². The molecule has 0 saturated heterocycles. The van der Waals surface area contributed by atoms with Gasteiger partial charge >= 0.3 is 24.1 Å². The molecule has 4 heterocycles. The minimum atomic E-state index is -0.713. The predicted molar refractivity (Wildman–Crippen MR) is 240 cm³/mol. The number of amides is 2. The second kappa shape index (κ2) is 25.9. The average molecular weight is 831 g/mol. The van der Waals surface area contributed by atoms with Crippen molar-refractivity contribution in [1.29, 1.82) is 0 Å². The van der Waals surface area contributed by atoms with E-state index in [4.69, 9.17) is 18.9 Å². The minimum absolute atomic E-state index is 0.175. The van der Waals surface area contributed by atoms with E-state index in [1.54, 1.807) is 12.2 Å². The molecule has 4 bridgehead atoms. The van der Waals surface area contributed by atoms with Gasteiger partial charge < -0.3 is 18.9 Å². The molecule has 0 spiro atoms. The van der Waals surface area contributed by atoms with Crippen LogP contribution in [0.5, 0.6) is 0 Å².